The van der Waals surface area contributed by atoms with Gasteiger partial charge in [0.15, 0.2) is 0 Å². The molecule has 0 radical (unpaired) electrons. The van der Waals surface area contributed by atoms with Crippen LogP contribution in [-0.2, 0) is 12.4 Å². The average molecular weight is 723 g/mol. The van der Waals surface area contributed by atoms with E-state index in [1.54, 1.807) is 5.43 Å². The molecule has 2 N–H and O–H groups in total. The number of benzene rings is 3. The number of carbonyl (C=O) groups excluding carboxylic acids is 1. The van der Waals surface area contributed by atoms with Gasteiger partial charge >= 0.3 is 18.5 Å². The van der Waals surface area contributed by atoms with Gasteiger partial charge in [0.25, 0.3) is 5.91 Å². The Bertz CT molecular complexity index is 1540. The third kappa shape index (κ3) is 8.33. The molecule has 3 nitrogen and oxygen atoms in total. The smallest absolute Gasteiger partial charge is 0.295 e. The molecule has 3 rings (SSSR count). The van der Waals surface area contributed by atoms with Crippen LogP contribution in [0, 0.1) is 0 Å². The van der Waals surface area contributed by atoms with E-state index < -0.39 is 89.8 Å². The lowest BCUT2D eigenvalue weighted by Crippen LogP contribution is -2.31. The first-order chi connectivity index (χ1) is 19.6. The lowest BCUT2D eigenvalue weighted by Gasteiger charge is -2.19. The van der Waals surface area contributed by atoms with Crippen molar-refractivity contribution >= 4 is 75.4 Å². The van der Waals surface area contributed by atoms with E-state index in [4.69, 9.17) is 58.0 Å². The fourth-order valence-electron chi connectivity index (χ4n) is 3.55. The molecule has 0 saturated carbocycles. The topological polar surface area (TPSA) is 41.1 Å². The van der Waals surface area contributed by atoms with Crippen molar-refractivity contribution in [2.24, 2.45) is 0 Å². The normalized spacial score (nSPS) is 13.6. The molecular formula is C25H11Cl5F10N2O. The largest absolute Gasteiger partial charge is 0.417 e. The number of hydrazine groups is 1. The minimum absolute atomic E-state index is 0.0126. The predicted molar refractivity (Wildman–Crippen MR) is 143 cm³/mol. The van der Waals surface area contributed by atoms with Crippen LogP contribution in [0.2, 0.25) is 25.1 Å². The fourth-order valence-corrected chi connectivity index (χ4v) is 4.74. The maximum absolute atomic E-state index is 15.0. The van der Waals surface area contributed by atoms with Gasteiger partial charge in [-0.15, -0.1) is 0 Å². The van der Waals surface area contributed by atoms with Crippen LogP contribution < -0.4 is 10.9 Å². The molecule has 0 saturated heterocycles. The number of hydrogen-bond donors (Lipinski definition) is 2. The first kappa shape index (κ1) is 34.9. The van der Waals surface area contributed by atoms with Gasteiger partial charge in [-0.05, 0) is 48.0 Å². The molecule has 1 amide bonds. The summed E-state index contributed by atoms with van der Waals surface area (Å²) in [6, 6.07) is 3.55. The zero-order valence-corrected chi connectivity index (χ0v) is 24.1. The van der Waals surface area contributed by atoms with Gasteiger partial charge in [-0.25, -0.2) is 4.39 Å². The van der Waals surface area contributed by atoms with Crippen molar-refractivity contribution in [3.8, 4) is 0 Å². The molecule has 18 heteroatoms. The number of nitrogens with one attached hydrogen (secondary N) is 2. The molecule has 3 aromatic carbocycles. The number of hydrogen-bond acceptors (Lipinski definition) is 2. The molecule has 0 aliphatic rings. The second-order valence-electron chi connectivity index (χ2n) is 8.48. The quantitative estimate of drug-likeness (QED) is 0.151. The van der Waals surface area contributed by atoms with Crippen molar-refractivity contribution in [2.75, 3.05) is 5.43 Å². The summed E-state index contributed by atoms with van der Waals surface area (Å²) in [6.45, 7) is 0. The van der Waals surface area contributed by atoms with E-state index in [0.717, 1.165) is 12.1 Å². The first-order valence-electron chi connectivity index (χ1n) is 11.0. The SMILES string of the molecule is O=C(NNc1c(Cl)cc(C(F)(F)F)cc1Cl)c1ccc(/C(F)=C/C(c2cc(Cl)c(Cl)c(Cl)c2)C(F)(F)F)cc1C(F)(F)F. The van der Waals surface area contributed by atoms with E-state index in [0.29, 0.717) is 24.3 Å². The molecule has 0 spiro atoms. The Kier molecular flexibility index (Phi) is 10.4. The number of rotatable bonds is 6. The van der Waals surface area contributed by atoms with Gasteiger partial charge in [-0.1, -0.05) is 64.1 Å². The zero-order chi connectivity index (χ0) is 32.7. The van der Waals surface area contributed by atoms with E-state index in [2.05, 4.69) is 0 Å². The van der Waals surface area contributed by atoms with Crippen molar-refractivity contribution in [3.63, 3.8) is 0 Å². The van der Waals surface area contributed by atoms with Gasteiger partial charge in [0.1, 0.15) is 11.7 Å². The van der Waals surface area contributed by atoms with Crippen LogP contribution in [-0.4, -0.2) is 12.1 Å². The number of carbonyl (C=O) groups is 1. The molecular weight excluding hydrogens is 712 g/mol. The molecule has 43 heavy (non-hydrogen) atoms. The number of amides is 1. The third-order valence-corrected chi connectivity index (χ3v) is 7.34. The number of halogens is 15. The molecule has 0 aliphatic heterocycles. The van der Waals surface area contributed by atoms with Crippen molar-refractivity contribution in [3.05, 3.63) is 101 Å². The Morgan fingerprint density at radius 1 is 0.744 bits per heavy atom. The second kappa shape index (κ2) is 12.8. The summed E-state index contributed by atoms with van der Waals surface area (Å²) in [5, 5.41) is -2.37. The van der Waals surface area contributed by atoms with Crippen LogP contribution in [0.25, 0.3) is 5.83 Å². The van der Waals surface area contributed by atoms with E-state index >= 15 is 4.39 Å². The highest BCUT2D eigenvalue weighted by atomic mass is 35.5. The van der Waals surface area contributed by atoms with Gasteiger partial charge in [-0.3, -0.25) is 15.6 Å². The zero-order valence-electron chi connectivity index (χ0n) is 20.3. The molecule has 232 valence electrons. The summed E-state index contributed by atoms with van der Waals surface area (Å²) >= 11 is 28.8. The van der Waals surface area contributed by atoms with Gasteiger partial charge in [0.2, 0.25) is 0 Å². The maximum atomic E-state index is 15.0. The van der Waals surface area contributed by atoms with Crippen LogP contribution in [0.3, 0.4) is 0 Å². The van der Waals surface area contributed by atoms with Crippen molar-refractivity contribution < 1.29 is 48.7 Å². The Labute approximate surface area is 260 Å². The van der Waals surface area contributed by atoms with Gasteiger partial charge in [-0.2, -0.15) is 39.5 Å². The highest BCUT2D eigenvalue weighted by molar-refractivity contribution is 6.48. The second-order valence-corrected chi connectivity index (χ2v) is 10.5. The molecule has 0 aromatic heterocycles. The fraction of sp³-hybridized carbons (Fsp3) is 0.160. The van der Waals surface area contributed by atoms with E-state index in [9.17, 15) is 44.3 Å². The summed E-state index contributed by atoms with van der Waals surface area (Å²) in [5.74, 6) is -6.00. The summed E-state index contributed by atoms with van der Waals surface area (Å²) < 4.78 is 137. The summed E-state index contributed by atoms with van der Waals surface area (Å²) in [6.07, 6.45) is -15.3. The molecule has 3 aromatic rings. The highest BCUT2D eigenvalue weighted by Crippen LogP contribution is 2.43. The summed E-state index contributed by atoms with van der Waals surface area (Å²) in [4.78, 5) is 12.6. The Hall–Kier alpha value is -2.58. The van der Waals surface area contributed by atoms with Crippen LogP contribution in [0.15, 0.2) is 48.5 Å². The minimum atomic E-state index is -5.33. The maximum Gasteiger partial charge on any atom is 0.417 e. The monoisotopic (exact) mass is 720 g/mol. The van der Waals surface area contributed by atoms with Gasteiger partial charge < -0.3 is 0 Å². The van der Waals surface area contributed by atoms with Crippen LogP contribution in [0.1, 0.15) is 38.5 Å². The van der Waals surface area contributed by atoms with Crippen LogP contribution in [0.4, 0.5) is 49.6 Å². The van der Waals surface area contributed by atoms with Crippen molar-refractivity contribution in [2.45, 2.75) is 24.4 Å². The molecule has 0 aliphatic carbocycles. The Morgan fingerprint density at radius 3 is 1.74 bits per heavy atom. The van der Waals surface area contributed by atoms with Crippen molar-refractivity contribution in [1.82, 2.24) is 5.43 Å². The van der Waals surface area contributed by atoms with Crippen LogP contribution in [0.5, 0.6) is 0 Å². The standard InChI is InChI=1S/C25H11Cl5F10N2O/c26-15-4-10(5-16(27)20(15)30)13(24(35,36)37)8-19(31)9-1-2-12(14(3-9)25(38,39)40)22(43)42-41-21-17(28)6-11(7-18(21)29)23(32,33)34/h1-8,13,41H,(H,42,43)/b19-8-. The molecule has 1 atom stereocenters. The number of allylic oxidation sites excluding steroid dienone is 1. The molecule has 0 bridgehead atoms. The van der Waals surface area contributed by atoms with E-state index in [-0.39, 0.29) is 17.2 Å². The van der Waals surface area contributed by atoms with Crippen molar-refractivity contribution in [1.29, 1.82) is 0 Å². The van der Waals surface area contributed by atoms with Gasteiger partial charge in [0.05, 0.1) is 47.5 Å². The van der Waals surface area contributed by atoms with E-state index in [1.807, 2.05) is 5.43 Å². The lowest BCUT2D eigenvalue weighted by atomic mass is 9.95. The molecule has 0 heterocycles. The first-order valence-corrected chi connectivity index (χ1v) is 12.9. The molecule has 1 unspecified atom stereocenters. The van der Waals surface area contributed by atoms with Crippen LogP contribution >= 0.6 is 58.0 Å². The number of alkyl halides is 9. The highest BCUT2D eigenvalue weighted by Gasteiger charge is 2.41. The predicted octanol–water partition coefficient (Wildman–Crippen LogP) is 11.4. The van der Waals surface area contributed by atoms with E-state index in [1.165, 1.54) is 0 Å². The Balaban J connectivity index is 1.97. The average Bonchev–Trinajstić information content (AvgIpc) is 2.87. The summed E-state index contributed by atoms with van der Waals surface area (Å²) in [7, 11) is 0. The number of anilines is 1. The minimum Gasteiger partial charge on any atom is -0.295 e. The van der Waals surface area contributed by atoms with Gasteiger partial charge in [0, 0.05) is 5.56 Å². The molecule has 0 fully saturated rings. The third-order valence-electron chi connectivity index (χ3n) is 5.55. The summed E-state index contributed by atoms with van der Waals surface area (Å²) in [5.41, 5.74) is -2.52. The lowest BCUT2D eigenvalue weighted by molar-refractivity contribution is -0.140. The Morgan fingerprint density at radius 2 is 1.28 bits per heavy atom.